The van der Waals surface area contributed by atoms with Gasteiger partial charge in [-0.2, -0.15) is 0 Å². The molecule has 0 fully saturated rings. The SMILES string of the molecule is CN(C)CCCC(NC(=O)OCC1c2ccccc2-c2ccccc21)C(=O)O. The maximum absolute atomic E-state index is 12.2. The van der Waals surface area contributed by atoms with Crippen LogP contribution in [0.4, 0.5) is 4.79 Å². The molecular formula is C22H26N2O4. The zero-order valence-electron chi connectivity index (χ0n) is 16.2. The number of nitrogens with zero attached hydrogens (tertiary/aromatic N) is 1. The zero-order valence-corrected chi connectivity index (χ0v) is 16.2. The van der Waals surface area contributed by atoms with E-state index in [0.717, 1.165) is 28.8 Å². The van der Waals surface area contributed by atoms with Crippen LogP contribution in [0.2, 0.25) is 0 Å². The molecule has 0 aromatic heterocycles. The standard InChI is InChI=1S/C22H26N2O4/c1-24(2)13-7-12-20(21(25)26)23-22(27)28-14-19-17-10-5-3-8-15(17)16-9-4-6-11-18(16)19/h3-6,8-11,19-20H,7,12-14H2,1-2H3,(H,23,27)(H,25,26). The van der Waals surface area contributed by atoms with Crippen LogP contribution in [0.5, 0.6) is 0 Å². The van der Waals surface area contributed by atoms with Crippen LogP contribution in [-0.2, 0) is 9.53 Å². The van der Waals surface area contributed by atoms with Crippen LogP contribution in [0.15, 0.2) is 48.5 Å². The minimum atomic E-state index is -1.05. The van der Waals surface area contributed by atoms with E-state index >= 15 is 0 Å². The summed E-state index contributed by atoms with van der Waals surface area (Å²) in [5.41, 5.74) is 4.55. The van der Waals surface area contributed by atoms with Crippen LogP contribution in [0, 0.1) is 0 Å². The van der Waals surface area contributed by atoms with Crippen LogP contribution in [0.25, 0.3) is 11.1 Å². The van der Waals surface area contributed by atoms with Crippen molar-refractivity contribution in [2.24, 2.45) is 0 Å². The number of rotatable bonds is 8. The zero-order chi connectivity index (χ0) is 20.1. The molecule has 2 N–H and O–H groups in total. The third-order valence-corrected chi connectivity index (χ3v) is 5.03. The summed E-state index contributed by atoms with van der Waals surface area (Å²) >= 11 is 0. The Kier molecular flexibility index (Phi) is 6.31. The molecular weight excluding hydrogens is 356 g/mol. The highest BCUT2D eigenvalue weighted by molar-refractivity contribution is 5.81. The maximum atomic E-state index is 12.2. The second-order valence-corrected chi connectivity index (χ2v) is 7.31. The molecule has 1 aliphatic rings. The van der Waals surface area contributed by atoms with Gasteiger partial charge in [0.05, 0.1) is 0 Å². The number of hydrogen-bond donors (Lipinski definition) is 2. The fourth-order valence-electron chi connectivity index (χ4n) is 3.65. The van der Waals surface area contributed by atoms with Gasteiger partial charge in [-0.1, -0.05) is 48.5 Å². The fraction of sp³-hybridized carbons (Fsp3) is 0.364. The molecule has 0 spiro atoms. The molecule has 6 heteroatoms. The van der Waals surface area contributed by atoms with Gasteiger partial charge >= 0.3 is 12.1 Å². The van der Waals surface area contributed by atoms with Crippen LogP contribution < -0.4 is 5.32 Å². The molecule has 0 bridgehead atoms. The minimum absolute atomic E-state index is 0.0461. The smallest absolute Gasteiger partial charge is 0.407 e. The summed E-state index contributed by atoms with van der Waals surface area (Å²) in [6.45, 7) is 0.931. The molecule has 0 saturated carbocycles. The lowest BCUT2D eigenvalue weighted by atomic mass is 9.98. The van der Waals surface area contributed by atoms with E-state index in [4.69, 9.17) is 4.74 Å². The highest BCUT2D eigenvalue weighted by Gasteiger charge is 2.29. The molecule has 2 aromatic rings. The van der Waals surface area contributed by atoms with Gasteiger partial charge in [0.1, 0.15) is 12.6 Å². The molecule has 0 saturated heterocycles. The number of carbonyl (C=O) groups excluding carboxylic acids is 1. The average molecular weight is 382 g/mol. The largest absolute Gasteiger partial charge is 0.480 e. The summed E-state index contributed by atoms with van der Waals surface area (Å²) in [5, 5.41) is 11.8. The van der Waals surface area contributed by atoms with Gasteiger partial charge < -0.3 is 20.1 Å². The van der Waals surface area contributed by atoms with Gasteiger partial charge in [-0.25, -0.2) is 9.59 Å². The third-order valence-electron chi connectivity index (χ3n) is 5.03. The fourth-order valence-corrected chi connectivity index (χ4v) is 3.65. The van der Waals surface area contributed by atoms with E-state index < -0.39 is 18.1 Å². The van der Waals surface area contributed by atoms with Gasteiger partial charge in [0, 0.05) is 5.92 Å². The third kappa shape index (κ3) is 4.51. The molecule has 2 aromatic carbocycles. The number of ether oxygens (including phenoxy) is 1. The van der Waals surface area contributed by atoms with Crippen LogP contribution in [0.3, 0.4) is 0 Å². The molecule has 148 valence electrons. The number of aliphatic carboxylic acids is 1. The van der Waals surface area contributed by atoms with Gasteiger partial charge in [-0.3, -0.25) is 0 Å². The molecule has 0 heterocycles. The number of carboxylic acid groups (broad SMARTS) is 1. The Morgan fingerprint density at radius 3 is 2.18 bits per heavy atom. The number of carbonyl (C=O) groups is 2. The molecule has 1 atom stereocenters. The van der Waals surface area contributed by atoms with E-state index in [9.17, 15) is 14.7 Å². The number of amides is 1. The normalized spacial score (nSPS) is 13.7. The van der Waals surface area contributed by atoms with Crippen molar-refractivity contribution in [1.29, 1.82) is 0 Å². The van der Waals surface area contributed by atoms with Crippen molar-refractivity contribution >= 4 is 12.1 Å². The summed E-state index contributed by atoms with van der Waals surface area (Å²) < 4.78 is 5.42. The van der Waals surface area contributed by atoms with Crippen LogP contribution in [-0.4, -0.2) is 55.4 Å². The lowest BCUT2D eigenvalue weighted by Gasteiger charge is -2.18. The van der Waals surface area contributed by atoms with Crippen molar-refractivity contribution in [2.75, 3.05) is 27.2 Å². The number of benzene rings is 2. The first-order valence-corrected chi connectivity index (χ1v) is 9.46. The van der Waals surface area contributed by atoms with Gasteiger partial charge in [0.25, 0.3) is 0 Å². The molecule has 6 nitrogen and oxygen atoms in total. The van der Waals surface area contributed by atoms with Crippen molar-refractivity contribution in [3.63, 3.8) is 0 Å². The predicted molar refractivity (Wildman–Crippen MR) is 107 cm³/mol. The van der Waals surface area contributed by atoms with E-state index in [2.05, 4.69) is 17.4 Å². The first kappa shape index (κ1) is 19.9. The number of carboxylic acids is 1. The maximum Gasteiger partial charge on any atom is 0.407 e. The Morgan fingerprint density at radius 1 is 1.07 bits per heavy atom. The van der Waals surface area contributed by atoms with Gasteiger partial charge in [0.2, 0.25) is 0 Å². The number of nitrogens with one attached hydrogen (secondary N) is 1. The first-order chi connectivity index (χ1) is 13.5. The number of alkyl carbamates (subject to hydrolysis) is 1. The van der Waals surface area contributed by atoms with Crippen molar-refractivity contribution in [1.82, 2.24) is 10.2 Å². The average Bonchev–Trinajstić information content (AvgIpc) is 2.99. The summed E-state index contributed by atoms with van der Waals surface area (Å²) in [5.74, 6) is -1.09. The van der Waals surface area contributed by atoms with E-state index in [1.54, 1.807) is 0 Å². The van der Waals surface area contributed by atoms with Crippen molar-refractivity contribution in [2.45, 2.75) is 24.8 Å². The quantitative estimate of drug-likeness (QED) is 0.732. The van der Waals surface area contributed by atoms with E-state index in [0.29, 0.717) is 12.8 Å². The summed E-state index contributed by atoms with van der Waals surface area (Å²) in [7, 11) is 3.85. The van der Waals surface area contributed by atoms with E-state index in [1.165, 1.54) is 0 Å². The van der Waals surface area contributed by atoms with E-state index in [-0.39, 0.29) is 12.5 Å². The molecule has 28 heavy (non-hydrogen) atoms. The Morgan fingerprint density at radius 2 is 1.64 bits per heavy atom. The highest BCUT2D eigenvalue weighted by Crippen LogP contribution is 2.44. The molecule has 0 aliphatic heterocycles. The topological polar surface area (TPSA) is 78.9 Å². The highest BCUT2D eigenvalue weighted by atomic mass is 16.5. The van der Waals surface area contributed by atoms with Crippen molar-refractivity contribution < 1.29 is 19.4 Å². The number of hydrogen-bond acceptors (Lipinski definition) is 4. The van der Waals surface area contributed by atoms with E-state index in [1.807, 2.05) is 55.4 Å². The van der Waals surface area contributed by atoms with Crippen molar-refractivity contribution in [3.8, 4) is 11.1 Å². The van der Waals surface area contributed by atoms with Crippen molar-refractivity contribution in [3.05, 3.63) is 59.7 Å². The Hall–Kier alpha value is -2.86. The second kappa shape index (κ2) is 8.89. The first-order valence-electron chi connectivity index (χ1n) is 9.46. The molecule has 1 unspecified atom stereocenters. The second-order valence-electron chi connectivity index (χ2n) is 7.31. The monoisotopic (exact) mass is 382 g/mol. The van der Waals surface area contributed by atoms with Gasteiger partial charge in [0.15, 0.2) is 0 Å². The summed E-state index contributed by atoms with van der Waals surface area (Å²) in [4.78, 5) is 25.6. The van der Waals surface area contributed by atoms with Crippen LogP contribution in [0.1, 0.15) is 29.9 Å². The minimum Gasteiger partial charge on any atom is -0.480 e. The lowest BCUT2D eigenvalue weighted by molar-refractivity contribution is -0.139. The number of fused-ring (bicyclic) bond motifs is 3. The summed E-state index contributed by atoms with van der Waals surface area (Å²) in [6.07, 6.45) is 0.338. The predicted octanol–water partition coefficient (Wildman–Crippen LogP) is 3.32. The summed E-state index contributed by atoms with van der Waals surface area (Å²) in [6, 6.07) is 15.2. The Labute approximate surface area is 165 Å². The lowest BCUT2D eigenvalue weighted by Crippen LogP contribution is -2.41. The van der Waals surface area contributed by atoms with Crippen LogP contribution >= 0.6 is 0 Å². The van der Waals surface area contributed by atoms with Gasteiger partial charge in [-0.15, -0.1) is 0 Å². The van der Waals surface area contributed by atoms with Gasteiger partial charge in [-0.05, 0) is 55.7 Å². The molecule has 0 radical (unpaired) electrons. The molecule has 3 rings (SSSR count). The molecule has 1 amide bonds. The Balaban J connectivity index is 1.62. The molecule has 1 aliphatic carbocycles. The Bertz CT molecular complexity index is 804.